The van der Waals surface area contributed by atoms with Crippen LogP contribution in [0.1, 0.15) is 32.3 Å². The van der Waals surface area contributed by atoms with E-state index in [1.54, 1.807) is 20.8 Å². The molecule has 0 spiro atoms. The third kappa shape index (κ3) is 4.85. The van der Waals surface area contributed by atoms with Gasteiger partial charge in [0.25, 0.3) is 0 Å². The number of esters is 2. The smallest absolute Gasteiger partial charge is 0.337 e. The van der Waals surface area contributed by atoms with Crippen LogP contribution in [0.25, 0.3) is 21.8 Å². The molecule has 0 bridgehead atoms. The van der Waals surface area contributed by atoms with Gasteiger partial charge in [-0.1, -0.05) is 54.6 Å². The summed E-state index contributed by atoms with van der Waals surface area (Å²) in [6.07, 6.45) is 0.574. The predicted octanol–water partition coefficient (Wildman–Crippen LogP) is 5.02. The number of rotatable bonds is 8. The van der Waals surface area contributed by atoms with Gasteiger partial charge in [-0.05, 0) is 26.3 Å². The lowest BCUT2D eigenvalue weighted by Gasteiger charge is -2.30. The van der Waals surface area contributed by atoms with Gasteiger partial charge in [-0.15, -0.1) is 11.3 Å². The standard InChI is InChI=1S/C28H26N2O5S/c1-4-34-27(32)23-17(3)29-21(15-31)25(28(33)35-5-2)24(23)19-13-9-10-14-20(19)26-30-22(16-36-26)18-11-7-6-8-12-18/h6-16,24,29H,4-5H2,1-3H3. The van der Waals surface area contributed by atoms with Crippen molar-refractivity contribution < 1.29 is 23.9 Å². The molecule has 1 atom stereocenters. The molecule has 1 unspecified atom stereocenters. The van der Waals surface area contributed by atoms with Gasteiger partial charge in [0, 0.05) is 22.2 Å². The maximum Gasteiger partial charge on any atom is 0.337 e. The summed E-state index contributed by atoms with van der Waals surface area (Å²) < 4.78 is 10.7. The number of allylic oxidation sites excluding steroid dienone is 2. The molecule has 1 aromatic heterocycles. The van der Waals surface area contributed by atoms with E-state index in [0.29, 0.717) is 17.5 Å². The Bertz CT molecular complexity index is 1360. The number of nitrogens with zero attached hydrogens (tertiary/aromatic N) is 1. The topological polar surface area (TPSA) is 94.6 Å². The molecule has 1 aliphatic rings. The van der Waals surface area contributed by atoms with Crippen molar-refractivity contribution in [1.29, 1.82) is 0 Å². The normalized spacial score (nSPS) is 15.4. The minimum atomic E-state index is -0.884. The van der Waals surface area contributed by atoms with Gasteiger partial charge in [0.05, 0.1) is 41.7 Å². The third-order valence-electron chi connectivity index (χ3n) is 5.78. The summed E-state index contributed by atoms with van der Waals surface area (Å²) in [5.41, 5.74) is 4.01. The molecule has 1 aliphatic heterocycles. The molecular weight excluding hydrogens is 476 g/mol. The maximum absolute atomic E-state index is 13.2. The van der Waals surface area contributed by atoms with Crippen molar-refractivity contribution in [2.24, 2.45) is 0 Å². The second-order valence-corrected chi connectivity index (χ2v) is 8.83. The number of benzene rings is 2. The quantitative estimate of drug-likeness (QED) is 0.341. The summed E-state index contributed by atoms with van der Waals surface area (Å²) in [4.78, 5) is 43.2. The third-order valence-corrected chi connectivity index (χ3v) is 6.65. The number of hydrogen-bond donors (Lipinski definition) is 1. The minimum absolute atomic E-state index is 0.0583. The molecule has 2 aromatic carbocycles. The molecule has 8 heteroatoms. The molecule has 0 amide bonds. The van der Waals surface area contributed by atoms with Crippen molar-refractivity contribution >= 4 is 29.6 Å². The number of nitrogens with one attached hydrogen (secondary N) is 1. The molecule has 3 aromatic rings. The van der Waals surface area contributed by atoms with Crippen LogP contribution in [0.15, 0.2) is 82.5 Å². The molecule has 4 rings (SSSR count). The molecule has 7 nitrogen and oxygen atoms in total. The monoisotopic (exact) mass is 502 g/mol. The number of carbonyl (C=O) groups excluding carboxylic acids is 3. The number of aromatic nitrogens is 1. The first-order valence-electron chi connectivity index (χ1n) is 11.6. The Balaban J connectivity index is 1.92. The van der Waals surface area contributed by atoms with Crippen LogP contribution in [-0.2, 0) is 23.9 Å². The Labute approximate surface area is 213 Å². The average molecular weight is 503 g/mol. The maximum atomic E-state index is 13.2. The highest BCUT2D eigenvalue weighted by Crippen LogP contribution is 2.43. The van der Waals surface area contributed by atoms with Crippen LogP contribution < -0.4 is 5.32 Å². The number of carbonyl (C=O) groups is 3. The first-order chi connectivity index (χ1) is 17.5. The average Bonchev–Trinajstić information content (AvgIpc) is 3.39. The van der Waals surface area contributed by atoms with E-state index in [-0.39, 0.29) is 30.1 Å². The summed E-state index contributed by atoms with van der Waals surface area (Å²) in [6, 6.07) is 17.3. The van der Waals surface area contributed by atoms with Gasteiger partial charge in [0.2, 0.25) is 0 Å². The van der Waals surface area contributed by atoms with Crippen LogP contribution in [0.4, 0.5) is 0 Å². The molecule has 0 fully saturated rings. The van der Waals surface area contributed by atoms with Gasteiger partial charge in [-0.3, -0.25) is 4.79 Å². The Hall–Kier alpha value is -4.04. The van der Waals surface area contributed by atoms with E-state index >= 15 is 0 Å². The van der Waals surface area contributed by atoms with E-state index in [9.17, 15) is 14.4 Å². The van der Waals surface area contributed by atoms with Crippen LogP contribution in [0, 0.1) is 0 Å². The highest BCUT2D eigenvalue weighted by Gasteiger charge is 2.40. The predicted molar refractivity (Wildman–Crippen MR) is 138 cm³/mol. The number of ether oxygens (including phenoxy) is 2. The zero-order valence-corrected chi connectivity index (χ0v) is 21.1. The van der Waals surface area contributed by atoms with Crippen molar-refractivity contribution in [2.45, 2.75) is 26.7 Å². The number of aldehydes is 1. The van der Waals surface area contributed by atoms with Crippen LogP contribution >= 0.6 is 11.3 Å². The number of thiazole rings is 1. The van der Waals surface area contributed by atoms with Gasteiger partial charge in [0.15, 0.2) is 6.29 Å². The second kappa shape index (κ2) is 11.1. The van der Waals surface area contributed by atoms with Gasteiger partial charge in [0.1, 0.15) is 5.01 Å². The second-order valence-electron chi connectivity index (χ2n) is 7.97. The first kappa shape index (κ1) is 25.1. The van der Waals surface area contributed by atoms with Crippen molar-refractivity contribution in [1.82, 2.24) is 10.3 Å². The van der Waals surface area contributed by atoms with E-state index in [1.165, 1.54) is 11.3 Å². The fourth-order valence-electron chi connectivity index (χ4n) is 4.26. The van der Waals surface area contributed by atoms with Gasteiger partial charge >= 0.3 is 11.9 Å². The van der Waals surface area contributed by atoms with Crippen LogP contribution in [0.2, 0.25) is 0 Å². The SMILES string of the molecule is CCOC(=O)C1=C(C)NC(C=O)=C(C(=O)OCC)C1c1ccccc1-c1nc(-c2ccccc2)cs1. The Morgan fingerprint density at radius 3 is 2.28 bits per heavy atom. The molecule has 0 saturated carbocycles. The van der Waals surface area contributed by atoms with Gasteiger partial charge in [-0.2, -0.15) is 0 Å². The van der Waals surface area contributed by atoms with Crippen molar-refractivity contribution in [3.05, 3.63) is 88.1 Å². The lowest BCUT2D eigenvalue weighted by atomic mass is 9.78. The molecule has 36 heavy (non-hydrogen) atoms. The molecule has 2 heterocycles. The molecular formula is C28H26N2O5S. The molecule has 0 aliphatic carbocycles. The summed E-state index contributed by atoms with van der Waals surface area (Å²) in [5, 5.41) is 5.60. The molecule has 184 valence electrons. The van der Waals surface area contributed by atoms with Crippen molar-refractivity contribution in [3.8, 4) is 21.8 Å². The summed E-state index contributed by atoms with van der Waals surface area (Å²) >= 11 is 1.46. The Morgan fingerprint density at radius 1 is 0.972 bits per heavy atom. The number of hydrogen-bond acceptors (Lipinski definition) is 8. The van der Waals surface area contributed by atoms with Crippen LogP contribution in [0.5, 0.6) is 0 Å². The van der Waals surface area contributed by atoms with E-state index in [2.05, 4.69) is 5.32 Å². The molecule has 0 radical (unpaired) electrons. The fourth-order valence-corrected chi connectivity index (χ4v) is 5.13. The summed E-state index contributed by atoms with van der Waals surface area (Å²) in [6.45, 7) is 5.37. The highest BCUT2D eigenvalue weighted by atomic mass is 32.1. The van der Waals surface area contributed by atoms with Crippen molar-refractivity contribution in [2.75, 3.05) is 13.2 Å². The fraction of sp³-hybridized carbons (Fsp3) is 0.214. The first-order valence-corrected chi connectivity index (χ1v) is 12.5. The van der Waals surface area contributed by atoms with E-state index < -0.39 is 17.9 Å². The van der Waals surface area contributed by atoms with Crippen LogP contribution in [-0.4, -0.2) is 36.4 Å². The van der Waals surface area contributed by atoms with E-state index in [4.69, 9.17) is 14.5 Å². The minimum Gasteiger partial charge on any atom is -0.463 e. The largest absolute Gasteiger partial charge is 0.463 e. The van der Waals surface area contributed by atoms with Gasteiger partial charge in [-0.25, -0.2) is 14.6 Å². The molecule has 0 saturated heterocycles. The number of dihydropyridines is 1. The zero-order valence-electron chi connectivity index (χ0n) is 20.2. The Morgan fingerprint density at radius 2 is 1.61 bits per heavy atom. The zero-order chi connectivity index (χ0) is 25.7. The van der Waals surface area contributed by atoms with Crippen LogP contribution in [0.3, 0.4) is 0 Å². The van der Waals surface area contributed by atoms with Gasteiger partial charge < -0.3 is 14.8 Å². The van der Waals surface area contributed by atoms with E-state index in [1.807, 2.05) is 60.0 Å². The summed E-state index contributed by atoms with van der Waals surface area (Å²) in [5.74, 6) is -2.13. The van der Waals surface area contributed by atoms with Crippen molar-refractivity contribution in [3.63, 3.8) is 0 Å². The molecule has 1 N–H and O–H groups in total. The lowest BCUT2D eigenvalue weighted by Crippen LogP contribution is -2.34. The Kier molecular flexibility index (Phi) is 7.75. The lowest BCUT2D eigenvalue weighted by molar-refractivity contribution is -0.139. The van der Waals surface area contributed by atoms with E-state index in [0.717, 1.165) is 21.8 Å². The summed E-state index contributed by atoms with van der Waals surface area (Å²) in [7, 11) is 0. The highest BCUT2D eigenvalue weighted by molar-refractivity contribution is 7.13.